The molecule has 106 valence electrons. The van der Waals surface area contributed by atoms with Crippen LogP contribution in [0.1, 0.15) is 27.2 Å². The molecule has 1 heterocycles. The number of ether oxygens (including phenoxy) is 2. The summed E-state index contributed by atoms with van der Waals surface area (Å²) in [4.78, 5) is 12.1. The van der Waals surface area contributed by atoms with Gasteiger partial charge in [-0.05, 0) is 26.8 Å². The van der Waals surface area contributed by atoms with E-state index in [0.717, 1.165) is 13.0 Å². The first-order valence-electron chi connectivity index (χ1n) is 6.88. The number of hydrogen-bond donors (Lipinski definition) is 2. The number of hydrogen-bond acceptors (Lipinski definition) is 4. The quantitative estimate of drug-likeness (QED) is 0.667. The minimum atomic E-state index is -0.0828. The van der Waals surface area contributed by atoms with Crippen molar-refractivity contribution in [3.8, 4) is 0 Å². The number of nitrogens with one attached hydrogen (secondary N) is 2. The lowest BCUT2D eigenvalue weighted by Gasteiger charge is -2.21. The van der Waals surface area contributed by atoms with Crippen molar-refractivity contribution in [1.29, 1.82) is 0 Å². The average Bonchev–Trinajstić information content (AvgIpc) is 2.82. The fourth-order valence-corrected chi connectivity index (χ4v) is 2.03. The van der Waals surface area contributed by atoms with Crippen LogP contribution in [0, 0.1) is 5.92 Å². The summed E-state index contributed by atoms with van der Waals surface area (Å²) >= 11 is 0. The predicted octanol–water partition coefficient (Wildman–Crippen LogP) is 0.542. The van der Waals surface area contributed by atoms with Gasteiger partial charge in [0, 0.05) is 18.7 Å². The molecule has 1 fully saturated rings. The molecule has 0 radical (unpaired) electrons. The largest absolute Gasteiger partial charge is 0.380 e. The Morgan fingerprint density at radius 1 is 1.44 bits per heavy atom. The van der Waals surface area contributed by atoms with Crippen molar-refractivity contribution in [2.45, 2.75) is 39.3 Å². The van der Waals surface area contributed by atoms with Gasteiger partial charge in [-0.2, -0.15) is 0 Å². The highest BCUT2D eigenvalue weighted by molar-refractivity contribution is 5.80. The Labute approximate surface area is 110 Å². The standard InChI is InChI=1S/C13H26N2O3/c1-4-6-14-12-9-18-8-11(12)13(16)15-10(3)7-17-5-2/h10-12,14H,4-9H2,1-3H3,(H,15,16). The van der Waals surface area contributed by atoms with Crippen LogP contribution in [0.25, 0.3) is 0 Å². The maximum atomic E-state index is 12.1. The molecule has 3 unspecified atom stereocenters. The Kier molecular flexibility index (Phi) is 7.23. The highest BCUT2D eigenvalue weighted by atomic mass is 16.5. The lowest BCUT2D eigenvalue weighted by molar-refractivity contribution is -0.126. The van der Waals surface area contributed by atoms with E-state index in [-0.39, 0.29) is 23.9 Å². The zero-order valence-corrected chi connectivity index (χ0v) is 11.7. The molecule has 1 saturated heterocycles. The molecule has 1 aliphatic rings. The Morgan fingerprint density at radius 2 is 2.22 bits per heavy atom. The van der Waals surface area contributed by atoms with Gasteiger partial charge >= 0.3 is 0 Å². The van der Waals surface area contributed by atoms with Gasteiger partial charge in [0.05, 0.1) is 25.7 Å². The van der Waals surface area contributed by atoms with Gasteiger partial charge in [0.25, 0.3) is 0 Å². The molecule has 0 aromatic heterocycles. The van der Waals surface area contributed by atoms with Crippen molar-refractivity contribution >= 4 is 5.91 Å². The first kappa shape index (κ1) is 15.4. The fourth-order valence-electron chi connectivity index (χ4n) is 2.03. The molecule has 3 atom stereocenters. The van der Waals surface area contributed by atoms with Gasteiger partial charge < -0.3 is 20.1 Å². The number of amides is 1. The Hall–Kier alpha value is -0.650. The van der Waals surface area contributed by atoms with Gasteiger partial charge in [0.15, 0.2) is 0 Å². The molecular formula is C13H26N2O3. The van der Waals surface area contributed by atoms with E-state index in [0.29, 0.717) is 26.4 Å². The maximum Gasteiger partial charge on any atom is 0.227 e. The maximum absolute atomic E-state index is 12.1. The second-order valence-corrected chi connectivity index (χ2v) is 4.77. The highest BCUT2D eigenvalue weighted by Gasteiger charge is 2.33. The van der Waals surface area contributed by atoms with E-state index in [2.05, 4.69) is 17.6 Å². The van der Waals surface area contributed by atoms with E-state index < -0.39 is 0 Å². The molecular weight excluding hydrogens is 232 g/mol. The summed E-state index contributed by atoms with van der Waals surface area (Å²) in [5.41, 5.74) is 0. The summed E-state index contributed by atoms with van der Waals surface area (Å²) in [7, 11) is 0. The molecule has 1 aliphatic heterocycles. The Morgan fingerprint density at radius 3 is 2.89 bits per heavy atom. The summed E-state index contributed by atoms with van der Waals surface area (Å²) in [6.07, 6.45) is 1.06. The van der Waals surface area contributed by atoms with E-state index >= 15 is 0 Å². The monoisotopic (exact) mass is 258 g/mol. The van der Waals surface area contributed by atoms with E-state index in [1.807, 2.05) is 13.8 Å². The molecule has 0 spiro atoms. The molecule has 0 aromatic rings. The van der Waals surface area contributed by atoms with Crippen LogP contribution in [0.2, 0.25) is 0 Å². The van der Waals surface area contributed by atoms with Crippen molar-refractivity contribution < 1.29 is 14.3 Å². The number of rotatable bonds is 8. The van der Waals surface area contributed by atoms with Crippen LogP contribution >= 0.6 is 0 Å². The van der Waals surface area contributed by atoms with Crippen molar-refractivity contribution in [1.82, 2.24) is 10.6 Å². The Balaban J connectivity index is 2.34. The lowest BCUT2D eigenvalue weighted by atomic mass is 10.0. The normalized spacial score (nSPS) is 25.1. The van der Waals surface area contributed by atoms with Gasteiger partial charge in [-0.1, -0.05) is 6.92 Å². The van der Waals surface area contributed by atoms with Crippen molar-refractivity contribution in [3.63, 3.8) is 0 Å². The average molecular weight is 258 g/mol. The topological polar surface area (TPSA) is 59.6 Å². The smallest absolute Gasteiger partial charge is 0.227 e. The zero-order chi connectivity index (χ0) is 13.4. The second-order valence-electron chi connectivity index (χ2n) is 4.77. The summed E-state index contributed by atoms with van der Waals surface area (Å²) in [6, 6.07) is 0.189. The second kappa shape index (κ2) is 8.45. The van der Waals surface area contributed by atoms with Gasteiger partial charge in [0.1, 0.15) is 0 Å². The van der Waals surface area contributed by atoms with Crippen LogP contribution in [-0.4, -0.2) is 51.0 Å². The van der Waals surface area contributed by atoms with E-state index in [1.54, 1.807) is 0 Å². The minimum absolute atomic E-state index is 0.0462. The summed E-state index contributed by atoms with van der Waals surface area (Å²) in [6.45, 7) is 9.30. The van der Waals surface area contributed by atoms with Crippen LogP contribution in [0.4, 0.5) is 0 Å². The summed E-state index contributed by atoms with van der Waals surface area (Å²) in [5, 5.41) is 6.34. The van der Waals surface area contributed by atoms with Crippen LogP contribution in [0.3, 0.4) is 0 Å². The first-order chi connectivity index (χ1) is 8.69. The van der Waals surface area contributed by atoms with Crippen LogP contribution in [-0.2, 0) is 14.3 Å². The van der Waals surface area contributed by atoms with Crippen molar-refractivity contribution in [2.75, 3.05) is 33.0 Å². The third kappa shape index (κ3) is 4.92. The van der Waals surface area contributed by atoms with Crippen molar-refractivity contribution in [3.05, 3.63) is 0 Å². The van der Waals surface area contributed by atoms with Crippen LogP contribution in [0.15, 0.2) is 0 Å². The zero-order valence-electron chi connectivity index (χ0n) is 11.7. The van der Waals surface area contributed by atoms with Gasteiger partial charge in [-0.25, -0.2) is 0 Å². The molecule has 2 N–H and O–H groups in total. The first-order valence-corrected chi connectivity index (χ1v) is 6.88. The molecule has 0 aromatic carbocycles. The molecule has 0 aliphatic carbocycles. The molecule has 18 heavy (non-hydrogen) atoms. The van der Waals surface area contributed by atoms with Crippen molar-refractivity contribution in [2.24, 2.45) is 5.92 Å². The third-order valence-corrected chi connectivity index (χ3v) is 3.03. The SMILES string of the molecule is CCCNC1COCC1C(=O)NC(C)COCC. The summed E-state index contributed by atoms with van der Waals surface area (Å²) < 4.78 is 10.7. The molecule has 1 rings (SSSR count). The van der Waals surface area contributed by atoms with E-state index in [9.17, 15) is 4.79 Å². The Bertz CT molecular complexity index is 248. The van der Waals surface area contributed by atoms with Gasteiger partial charge in [-0.3, -0.25) is 4.79 Å². The molecule has 0 bridgehead atoms. The summed E-state index contributed by atoms with van der Waals surface area (Å²) in [5.74, 6) is -0.0195. The van der Waals surface area contributed by atoms with Gasteiger partial charge in [-0.15, -0.1) is 0 Å². The molecule has 5 heteroatoms. The van der Waals surface area contributed by atoms with Crippen LogP contribution in [0.5, 0.6) is 0 Å². The van der Waals surface area contributed by atoms with E-state index in [4.69, 9.17) is 9.47 Å². The fraction of sp³-hybridized carbons (Fsp3) is 0.923. The number of carbonyl (C=O) groups is 1. The molecule has 1 amide bonds. The number of carbonyl (C=O) groups excluding carboxylic acids is 1. The molecule has 5 nitrogen and oxygen atoms in total. The van der Waals surface area contributed by atoms with Gasteiger partial charge in [0.2, 0.25) is 5.91 Å². The highest BCUT2D eigenvalue weighted by Crippen LogP contribution is 2.14. The molecule has 0 saturated carbocycles. The third-order valence-electron chi connectivity index (χ3n) is 3.03. The minimum Gasteiger partial charge on any atom is -0.380 e. The predicted molar refractivity (Wildman–Crippen MR) is 70.5 cm³/mol. The lowest BCUT2D eigenvalue weighted by Crippen LogP contribution is -2.47. The van der Waals surface area contributed by atoms with E-state index in [1.165, 1.54) is 0 Å². The van der Waals surface area contributed by atoms with Crippen LogP contribution < -0.4 is 10.6 Å².